The van der Waals surface area contributed by atoms with Crippen LogP contribution in [0.5, 0.6) is 5.75 Å². The largest absolute Gasteiger partial charge is 0.496 e. The third-order valence-electron chi connectivity index (χ3n) is 6.63. The van der Waals surface area contributed by atoms with Gasteiger partial charge in [-0.1, -0.05) is 17.2 Å². The molecule has 174 valence electrons. The molecule has 0 unspecified atom stereocenters. The van der Waals surface area contributed by atoms with Crippen LogP contribution in [0.25, 0.3) is 38.6 Å². The summed E-state index contributed by atoms with van der Waals surface area (Å²) >= 11 is 0. The molecule has 4 aromatic rings. The van der Waals surface area contributed by atoms with Crippen molar-refractivity contribution in [2.45, 2.75) is 52.9 Å². The number of aryl methyl sites for hydroxylation is 3. The minimum absolute atomic E-state index is 0.723. The van der Waals surface area contributed by atoms with Crippen molar-refractivity contribution in [3.63, 3.8) is 0 Å². The molecular formula is C27H29N5O2. The molecule has 3 aromatic heterocycles. The number of methoxy groups -OCH3 is 1. The van der Waals surface area contributed by atoms with Crippen molar-refractivity contribution in [1.29, 1.82) is 0 Å². The monoisotopic (exact) mass is 455 g/mol. The second-order valence-corrected chi connectivity index (χ2v) is 8.84. The number of nitrogens with zero attached hydrogens (tertiary/aromatic N) is 4. The maximum atomic E-state index is 5.84. The van der Waals surface area contributed by atoms with Gasteiger partial charge in [0.05, 0.1) is 29.4 Å². The van der Waals surface area contributed by atoms with Gasteiger partial charge in [-0.15, -0.1) is 0 Å². The Morgan fingerprint density at radius 1 is 1.15 bits per heavy atom. The highest BCUT2D eigenvalue weighted by Gasteiger charge is 2.22. The van der Waals surface area contributed by atoms with Crippen molar-refractivity contribution in [2.24, 2.45) is 4.99 Å². The highest BCUT2D eigenvalue weighted by atomic mass is 16.5. The number of benzene rings is 1. The Hall–Kier alpha value is -3.74. The number of aliphatic imine (C=N–C) groups is 1. The molecule has 1 N–H and O–H groups in total. The van der Waals surface area contributed by atoms with E-state index in [1.165, 1.54) is 24.8 Å². The van der Waals surface area contributed by atoms with Crippen LogP contribution < -0.4 is 4.74 Å². The average Bonchev–Trinajstić information content (AvgIpc) is 3.36. The molecule has 1 fully saturated rings. The standard InChI is InChI=1S/C27H29N5O2/c1-15-24(16(2)34-32-15)21-13-22-20(14-23(21)33-5)25-26(29-17(3)30-27(25)31-22)19(11-12-28-4)18-9-7-6-8-10-18/h11-14H,4,6-10H2,1-3,5H3,(H,29,30,31)/b12-11-. The third kappa shape index (κ3) is 3.71. The van der Waals surface area contributed by atoms with Gasteiger partial charge in [-0.2, -0.15) is 0 Å². The van der Waals surface area contributed by atoms with E-state index < -0.39 is 0 Å². The Bertz CT molecular complexity index is 1440. The summed E-state index contributed by atoms with van der Waals surface area (Å²) in [6.45, 7) is 9.43. The van der Waals surface area contributed by atoms with Crippen LogP contribution in [0.15, 0.2) is 39.5 Å². The Morgan fingerprint density at radius 2 is 1.94 bits per heavy atom. The molecule has 0 amide bonds. The van der Waals surface area contributed by atoms with E-state index >= 15 is 0 Å². The molecule has 1 aliphatic carbocycles. The molecule has 0 aliphatic heterocycles. The van der Waals surface area contributed by atoms with Crippen molar-refractivity contribution in [2.75, 3.05) is 7.11 Å². The number of nitrogens with one attached hydrogen (secondary N) is 1. The first kappa shape index (κ1) is 22.1. The SMILES string of the molecule is C=N/C=C\C(=C1CCCCC1)c1nc(C)nc2[nH]c3cc(-c4c(C)noc4C)c(OC)cc3c12. The van der Waals surface area contributed by atoms with Crippen LogP contribution in [0, 0.1) is 20.8 Å². The van der Waals surface area contributed by atoms with Gasteiger partial charge in [0.1, 0.15) is 23.0 Å². The molecule has 1 saturated carbocycles. The minimum atomic E-state index is 0.723. The normalized spacial score (nSPS) is 14.4. The van der Waals surface area contributed by atoms with Crippen LogP contribution >= 0.6 is 0 Å². The predicted molar refractivity (Wildman–Crippen MR) is 136 cm³/mol. The summed E-state index contributed by atoms with van der Waals surface area (Å²) in [5.74, 6) is 2.24. The number of aromatic amines is 1. The minimum Gasteiger partial charge on any atom is -0.496 e. The van der Waals surface area contributed by atoms with Crippen LogP contribution in [0.3, 0.4) is 0 Å². The highest BCUT2D eigenvalue weighted by Crippen LogP contribution is 2.41. The van der Waals surface area contributed by atoms with E-state index in [1.807, 2.05) is 26.8 Å². The lowest BCUT2D eigenvalue weighted by molar-refractivity contribution is 0.393. The molecule has 0 spiro atoms. The van der Waals surface area contributed by atoms with Crippen LogP contribution in [0.4, 0.5) is 0 Å². The Labute approximate surface area is 198 Å². The summed E-state index contributed by atoms with van der Waals surface area (Å²) in [4.78, 5) is 17.2. The quantitative estimate of drug-likeness (QED) is 0.341. The van der Waals surface area contributed by atoms with E-state index in [1.54, 1.807) is 13.3 Å². The van der Waals surface area contributed by atoms with Gasteiger partial charge in [0.15, 0.2) is 0 Å². The molecule has 7 heteroatoms. The summed E-state index contributed by atoms with van der Waals surface area (Å²) in [6, 6.07) is 4.16. The first-order valence-corrected chi connectivity index (χ1v) is 11.7. The van der Waals surface area contributed by atoms with E-state index in [2.05, 4.69) is 34.0 Å². The summed E-state index contributed by atoms with van der Waals surface area (Å²) in [5.41, 5.74) is 7.95. The molecule has 5 rings (SSSR count). The van der Waals surface area contributed by atoms with Gasteiger partial charge in [-0.05, 0) is 71.4 Å². The van der Waals surface area contributed by atoms with Crippen molar-refractivity contribution >= 4 is 34.2 Å². The number of H-pyrrole nitrogens is 1. The number of aromatic nitrogens is 4. The van der Waals surface area contributed by atoms with Crippen molar-refractivity contribution in [3.8, 4) is 16.9 Å². The smallest absolute Gasteiger partial charge is 0.142 e. The maximum Gasteiger partial charge on any atom is 0.142 e. The number of hydrogen-bond donors (Lipinski definition) is 1. The first-order chi connectivity index (χ1) is 16.5. The molecule has 1 aliphatic rings. The molecule has 34 heavy (non-hydrogen) atoms. The average molecular weight is 456 g/mol. The molecule has 0 bridgehead atoms. The lowest BCUT2D eigenvalue weighted by Gasteiger charge is -2.18. The van der Waals surface area contributed by atoms with Crippen molar-refractivity contribution in [3.05, 3.63) is 53.0 Å². The number of ether oxygens (including phenoxy) is 1. The van der Waals surface area contributed by atoms with E-state index in [-0.39, 0.29) is 0 Å². The van der Waals surface area contributed by atoms with Gasteiger partial charge in [0, 0.05) is 28.2 Å². The maximum absolute atomic E-state index is 5.84. The molecule has 7 nitrogen and oxygen atoms in total. The van der Waals surface area contributed by atoms with E-state index in [9.17, 15) is 0 Å². The lowest BCUT2D eigenvalue weighted by atomic mass is 9.88. The molecule has 0 saturated heterocycles. The van der Waals surface area contributed by atoms with Gasteiger partial charge in [-0.25, -0.2) is 9.97 Å². The summed E-state index contributed by atoms with van der Waals surface area (Å²) in [6.07, 6.45) is 9.61. The molecule has 0 radical (unpaired) electrons. The zero-order chi connectivity index (χ0) is 23.8. The first-order valence-electron chi connectivity index (χ1n) is 11.7. The number of allylic oxidation sites excluding steroid dienone is 3. The fraction of sp³-hybridized carbons (Fsp3) is 0.333. The summed E-state index contributed by atoms with van der Waals surface area (Å²) in [7, 11) is 1.69. The Kier molecular flexibility index (Phi) is 5.77. The molecule has 1 aromatic carbocycles. The van der Waals surface area contributed by atoms with Gasteiger partial charge >= 0.3 is 0 Å². The summed E-state index contributed by atoms with van der Waals surface area (Å²) < 4.78 is 11.3. The van der Waals surface area contributed by atoms with Gasteiger partial charge in [-0.3, -0.25) is 4.99 Å². The van der Waals surface area contributed by atoms with Crippen molar-refractivity contribution < 1.29 is 9.26 Å². The molecule has 3 heterocycles. The van der Waals surface area contributed by atoms with Crippen LogP contribution in [0.1, 0.15) is 55.1 Å². The van der Waals surface area contributed by atoms with Gasteiger partial charge < -0.3 is 14.2 Å². The Balaban J connectivity index is 1.83. The van der Waals surface area contributed by atoms with Crippen LogP contribution in [-0.4, -0.2) is 33.9 Å². The van der Waals surface area contributed by atoms with E-state index in [4.69, 9.17) is 19.2 Å². The predicted octanol–water partition coefficient (Wildman–Crippen LogP) is 6.63. The molecule has 0 atom stereocenters. The zero-order valence-corrected chi connectivity index (χ0v) is 20.2. The van der Waals surface area contributed by atoms with Gasteiger partial charge in [0.25, 0.3) is 0 Å². The highest BCUT2D eigenvalue weighted by molar-refractivity contribution is 6.12. The van der Waals surface area contributed by atoms with Crippen LogP contribution in [0.2, 0.25) is 0 Å². The van der Waals surface area contributed by atoms with E-state index in [0.717, 1.165) is 80.2 Å². The van der Waals surface area contributed by atoms with Gasteiger partial charge in [0.2, 0.25) is 0 Å². The van der Waals surface area contributed by atoms with Crippen LogP contribution in [-0.2, 0) is 0 Å². The zero-order valence-electron chi connectivity index (χ0n) is 20.2. The molecular weight excluding hydrogens is 426 g/mol. The fourth-order valence-electron chi connectivity index (χ4n) is 5.10. The number of rotatable bonds is 5. The topological polar surface area (TPSA) is 89.2 Å². The van der Waals surface area contributed by atoms with Crippen molar-refractivity contribution in [1.82, 2.24) is 20.1 Å². The Morgan fingerprint density at radius 3 is 2.62 bits per heavy atom. The third-order valence-corrected chi connectivity index (χ3v) is 6.63. The van der Waals surface area contributed by atoms with E-state index in [0.29, 0.717) is 0 Å². The second kappa shape index (κ2) is 8.89. The fourth-order valence-corrected chi connectivity index (χ4v) is 5.10. The second-order valence-electron chi connectivity index (χ2n) is 8.84. The summed E-state index contributed by atoms with van der Waals surface area (Å²) in [5, 5.41) is 6.14. The number of fused-ring (bicyclic) bond motifs is 3. The number of hydrogen-bond acceptors (Lipinski definition) is 6. The lowest BCUT2D eigenvalue weighted by Crippen LogP contribution is -2.02.